The van der Waals surface area contributed by atoms with Gasteiger partial charge in [-0.05, 0) is 68.6 Å². The highest BCUT2D eigenvalue weighted by atomic mass is 16.2. The second-order valence-electron chi connectivity index (χ2n) is 18.6. The van der Waals surface area contributed by atoms with Crippen molar-refractivity contribution in [1.82, 2.24) is 41.7 Å². The molecule has 19 nitrogen and oxygen atoms in total. The maximum Gasteiger partial charge on any atom is 0.246 e. The monoisotopic (exact) mass is 976 g/mol. The van der Waals surface area contributed by atoms with E-state index in [0.717, 1.165) is 5.56 Å². The maximum absolute atomic E-state index is 14.7. The van der Waals surface area contributed by atoms with Crippen LogP contribution in [0.5, 0.6) is 0 Å². The number of hydrogen-bond acceptors (Lipinski definition) is 9. The minimum Gasteiger partial charge on any atom is -0.370 e. The number of nitrogens with two attached hydrogens (primary N) is 2. The van der Waals surface area contributed by atoms with Crippen molar-refractivity contribution in [3.63, 3.8) is 0 Å². The predicted molar refractivity (Wildman–Crippen MR) is 267 cm³/mol. The van der Waals surface area contributed by atoms with Gasteiger partial charge < -0.3 is 53.2 Å². The van der Waals surface area contributed by atoms with Gasteiger partial charge in [-0.1, -0.05) is 111 Å². The molecular formula is C52H69N11O8. The van der Waals surface area contributed by atoms with Gasteiger partial charge in [-0.2, -0.15) is 0 Å². The Balaban J connectivity index is 1.39. The average molecular weight is 976 g/mol. The highest BCUT2D eigenvalue weighted by molar-refractivity contribution is 5.99. The summed E-state index contributed by atoms with van der Waals surface area (Å²) in [6, 6.07) is 18.0. The van der Waals surface area contributed by atoms with E-state index in [0.29, 0.717) is 49.7 Å². The lowest BCUT2D eigenvalue weighted by Gasteiger charge is -2.34. The van der Waals surface area contributed by atoms with Crippen LogP contribution in [0.4, 0.5) is 0 Å². The molecule has 380 valence electrons. The standard InChI is InChI=1S/C52H69N11O8/c1-3-4-23-37-45(65)56-33(2)44(64)61-41(32-36-21-12-7-13-22-36)50(70)63-29-16-26-43(63)51(71)62-28-15-25-42(62)49(69)58-38(24-14-27-55-52(53)54)46(66)59-40(31-35-19-10-6-11-20-35)48(68)60-39(47(67)57-37)30-34-17-8-5-9-18-34/h5-13,17-22,33,37-43H,3-4,14-16,23-32H2,1-2H3,(H,56,65)(H,57,67)(H,58,69)(H,59,66)(H,60,68)(H,61,64)(H4,53,54,55)/t33-,37-,38-,39-,40-,41-,42-,43+/m0/s1. The first-order valence-electron chi connectivity index (χ1n) is 24.8. The number of rotatable bonds is 13. The number of guanidine groups is 1. The number of fused-ring (bicyclic) bond motifs is 2. The summed E-state index contributed by atoms with van der Waals surface area (Å²) < 4.78 is 0. The zero-order valence-electron chi connectivity index (χ0n) is 40.6. The van der Waals surface area contributed by atoms with Gasteiger partial charge in [-0.15, -0.1) is 0 Å². The van der Waals surface area contributed by atoms with Crippen LogP contribution in [0.1, 0.15) is 88.3 Å². The number of amides is 8. The van der Waals surface area contributed by atoms with Gasteiger partial charge >= 0.3 is 0 Å². The van der Waals surface area contributed by atoms with Crippen LogP contribution in [0.3, 0.4) is 0 Å². The Kier molecular flexibility index (Phi) is 19.5. The number of benzene rings is 3. The molecule has 6 rings (SSSR count). The van der Waals surface area contributed by atoms with Gasteiger partial charge in [-0.25, -0.2) is 0 Å². The van der Waals surface area contributed by atoms with E-state index in [4.69, 9.17) is 11.5 Å². The second-order valence-corrected chi connectivity index (χ2v) is 18.6. The van der Waals surface area contributed by atoms with Crippen molar-refractivity contribution in [2.75, 3.05) is 19.6 Å². The lowest BCUT2D eigenvalue weighted by atomic mass is 10.0. The number of hydrogen-bond donors (Lipinski definition) is 8. The molecule has 3 saturated heterocycles. The fourth-order valence-corrected chi connectivity index (χ4v) is 9.36. The topological polar surface area (TPSA) is 280 Å². The van der Waals surface area contributed by atoms with Gasteiger partial charge in [0.05, 0.1) is 0 Å². The molecular weight excluding hydrogens is 907 g/mol. The lowest BCUT2D eigenvalue weighted by molar-refractivity contribution is -0.148. The first kappa shape index (κ1) is 53.0. The van der Waals surface area contributed by atoms with E-state index >= 15 is 0 Å². The number of nitrogens with zero attached hydrogens (tertiary/aromatic N) is 3. The highest BCUT2D eigenvalue weighted by Gasteiger charge is 2.44. The maximum atomic E-state index is 14.7. The third kappa shape index (κ3) is 15.1. The summed E-state index contributed by atoms with van der Waals surface area (Å²) in [5, 5.41) is 17.0. The van der Waals surface area contributed by atoms with Crippen LogP contribution < -0.4 is 43.4 Å². The number of unbranched alkanes of at least 4 members (excludes halogenated alkanes) is 1. The van der Waals surface area contributed by atoms with E-state index in [1.165, 1.54) is 16.7 Å². The van der Waals surface area contributed by atoms with Gasteiger partial charge in [0.15, 0.2) is 5.96 Å². The summed E-state index contributed by atoms with van der Waals surface area (Å²) in [7, 11) is 0. The van der Waals surface area contributed by atoms with Crippen LogP contribution in [-0.4, -0.2) is 131 Å². The van der Waals surface area contributed by atoms with E-state index in [1.54, 1.807) is 48.5 Å². The molecule has 3 aromatic rings. The van der Waals surface area contributed by atoms with Crippen molar-refractivity contribution in [2.45, 2.75) is 139 Å². The van der Waals surface area contributed by atoms with Crippen molar-refractivity contribution < 1.29 is 38.4 Å². The summed E-state index contributed by atoms with van der Waals surface area (Å²) in [6.07, 6.45) is 3.42. The van der Waals surface area contributed by atoms with Crippen molar-refractivity contribution in [1.29, 1.82) is 0 Å². The predicted octanol–water partition coefficient (Wildman–Crippen LogP) is 0.883. The van der Waals surface area contributed by atoms with Crippen LogP contribution in [0.2, 0.25) is 0 Å². The van der Waals surface area contributed by atoms with E-state index < -0.39 is 95.6 Å². The minimum absolute atomic E-state index is 0.00194. The molecule has 8 amide bonds. The Morgan fingerprint density at radius 2 is 0.915 bits per heavy atom. The molecule has 3 heterocycles. The molecule has 3 aromatic carbocycles. The Hall–Kier alpha value is -7.31. The van der Waals surface area contributed by atoms with Gasteiger partial charge in [0, 0.05) is 38.9 Å². The Bertz CT molecular complexity index is 2350. The van der Waals surface area contributed by atoms with E-state index in [2.05, 4.69) is 36.9 Å². The zero-order chi connectivity index (χ0) is 50.9. The van der Waals surface area contributed by atoms with Crippen molar-refractivity contribution in [3.05, 3.63) is 108 Å². The fourth-order valence-electron chi connectivity index (χ4n) is 9.36. The molecule has 0 unspecified atom stereocenters. The van der Waals surface area contributed by atoms with Gasteiger partial charge in [0.1, 0.15) is 48.3 Å². The van der Waals surface area contributed by atoms with Crippen molar-refractivity contribution >= 4 is 53.2 Å². The van der Waals surface area contributed by atoms with E-state index in [1.807, 2.05) is 49.4 Å². The molecule has 19 heteroatoms. The summed E-state index contributed by atoms with van der Waals surface area (Å²) in [5.74, 6) is -5.04. The van der Waals surface area contributed by atoms with Gasteiger partial charge in [-0.3, -0.25) is 43.3 Å². The van der Waals surface area contributed by atoms with Crippen LogP contribution in [0.15, 0.2) is 96.0 Å². The minimum atomic E-state index is -1.27. The molecule has 0 aromatic heterocycles. The summed E-state index contributed by atoms with van der Waals surface area (Å²) >= 11 is 0. The number of carbonyl (C=O) groups excluding carboxylic acids is 8. The molecule has 0 radical (unpaired) electrons. The summed E-state index contributed by atoms with van der Waals surface area (Å²) in [6.45, 7) is 4.01. The molecule has 3 aliphatic rings. The first-order chi connectivity index (χ1) is 34.2. The Morgan fingerprint density at radius 1 is 0.507 bits per heavy atom. The molecule has 0 spiro atoms. The normalized spacial score (nSPS) is 25.3. The first-order valence-corrected chi connectivity index (χ1v) is 24.8. The van der Waals surface area contributed by atoms with Crippen LogP contribution in [-0.2, 0) is 57.6 Å². The Morgan fingerprint density at radius 3 is 1.42 bits per heavy atom. The quantitative estimate of drug-likeness (QED) is 0.0681. The molecule has 10 N–H and O–H groups in total. The van der Waals surface area contributed by atoms with Crippen molar-refractivity contribution in [2.24, 2.45) is 16.5 Å². The van der Waals surface area contributed by atoms with Crippen molar-refractivity contribution in [3.8, 4) is 0 Å². The number of aliphatic imine (C=N–C) groups is 1. The Labute approximate surface area is 415 Å². The van der Waals surface area contributed by atoms with Gasteiger partial charge in [0.25, 0.3) is 0 Å². The number of carbonyl (C=O) groups is 8. The molecule has 3 aliphatic heterocycles. The molecule has 71 heavy (non-hydrogen) atoms. The zero-order valence-corrected chi connectivity index (χ0v) is 40.6. The van der Waals surface area contributed by atoms with E-state index in [9.17, 15) is 38.4 Å². The van der Waals surface area contributed by atoms with Gasteiger partial charge in [0.2, 0.25) is 47.3 Å². The summed E-state index contributed by atoms with van der Waals surface area (Å²) in [4.78, 5) is 122. The smallest absolute Gasteiger partial charge is 0.246 e. The SMILES string of the molecule is CCCC[C@@H]1NC(=O)[C@H](Cc2ccccc2)NC(=O)[C@H](Cc2ccccc2)NC(=O)[C@H](CCCN=C(N)N)NC(=O)[C@@H]2CCCN2C(=O)[C@H]2CCCN2C(=O)[C@H](Cc2ccccc2)NC(=O)[C@H](C)NC1=O. The third-order valence-corrected chi connectivity index (χ3v) is 13.2. The third-order valence-electron chi connectivity index (χ3n) is 13.2. The van der Waals surface area contributed by atoms with E-state index in [-0.39, 0.29) is 64.1 Å². The summed E-state index contributed by atoms with van der Waals surface area (Å²) in [5.41, 5.74) is 13.3. The number of nitrogens with one attached hydrogen (secondary N) is 6. The molecule has 0 bridgehead atoms. The van der Waals surface area contributed by atoms with Crippen LogP contribution in [0.25, 0.3) is 0 Å². The molecule has 0 saturated carbocycles. The lowest BCUT2D eigenvalue weighted by Crippen LogP contribution is -2.61. The average Bonchev–Trinajstić information content (AvgIpc) is 4.07. The molecule has 0 aliphatic carbocycles. The second kappa shape index (κ2) is 26.1. The highest BCUT2D eigenvalue weighted by Crippen LogP contribution is 2.26. The van der Waals surface area contributed by atoms with Crippen LogP contribution >= 0.6 is 0 Å². The molecule has 3 fully saturated rings. The largest absolute Gasteiger partial charge is 0.370 e. The molecule has 8 atom stereocenters. The fraction of sp³-hybridized carbons (Fsp3) is 0.481. The van der Waals surface area contributed by atoms with Crippen LogP contribution in [0, 0.1) is 0 Å².